The summed E-state index contributed by atoms with van der Waals surface area (Å²) in [6, 6.07) is 10.2. The van der Waals surface area contributed by atoms with Crippen LogP contribution < -0.4 is 5.32 Å². The van der Waals surface area contributed by atoms with Gasteiger partial charge in [-0.15, -0.1) is 0 Å². The lowest BCUT2D eigenvalue weighted by Crippen LogP contribution is -2.42. The third kappa shape index (κ3) is 8.00. The molecule has 0 aromatic heterocycles. The highest BCUT2D eigenvalue weighted by Gasteiger charge is 2.21. The van der Waals surface area contributed by atoms with Crippen LogP contribution in [0.3, 0.4) is 0 Å². The van der Waals surface area contributed by atoms with Gasteiger partial charge in [0, 0.05) is 33.3 Å². The monoisotopic (exact) mass is 308 g/mol. The van der Waals surface area contributed by atoms with Crippen molar-refractivity contribution in [1.29, 1.82) is 0 Å². The Balaban J connectivity index is 2.39. The molecule has 1 amide bonds. The first-order valence-electron chi connectivity index (χ1n) is 7.64. The zero-order valence-electron chi connectivity index (χ0n) is 14.1. The van der Waals surface area contributed by atoms with Crippen molar-refractivity contribution in [1.82, 2.24) is 10.2 Å². The maximum Gasteiger partial charge on any atom is 0.410 e. The van der Waals surface area contributed by atoms with E-state index in [1.807, 2.05) is 39.0 Å². The van der Waals surface area contributed by atoms with Gasteiger partial charge in [-0.05, 0) is 26.3 Å². The molecule has 0 aliphatic rings. The summed E-state index contributed by atoms with van der Waals surface area (Å²) >= 11 is 0. The molecule has 1 N–H and O–H groups in total. The van der Waals surface area contributed by atoms with E-state index in [0.717, 1.165) is 6.54 Å². The van der Waals surface area contributed by atoms with Crippen molar-refractivity contribution in [3.05, 3.63) is 35.9 Å². The molecule has 0 atom stereocenters. The summed E-state index contributed by atoms with van der Waals surface area (Å²) in [4.78, 5) is 13.8. The minimum absolute atomic E-state index is 0.300. The summed E-state index contributed by atoms with van der Waals surface area (Å²) in [6.45, 7) is 8.71. The second-order valence-corrected chi connectivity index (χ2v) is 6.12. The first-order chi connectivity index (χ1) is 10.4. The number of nitrogens with one attached hydrogen (secondary N) is 1. The lowest BCUT2D eigenvalue weighted by molar-refractivity contribution is 0.0204. The normalized spacial score (nSPS) is 11.3. The molecule has 1 aromatic carbocycles. The average Bonchev–Trinajstić information content (AvgIpc) is 2.45. The number of hydrogen-bond donors (Lipinski definition) is 1. The Kier molecular flexibility index (Phi) is 7.91. The number of ether oxygens (including phenoxy) is 2. The van der Waals surface area contributed by atoms with E-state index in [1.165, 1.54) is 5.56 Å². The van der Waals surface area contributed by atoms with Crippen LogP contribution in [0.5, 0.6) is 0 Å². The molecule has 0 aliphatic heterocycles. The number of carbonyl (C=O) groups is 1. The smallest absolute Gasteiger partial charge is 0.410 e. The Bertz CT molecular complexity index is 429. The van der Waals surface area contributed by atoms with E-state index < -0.39 is 5.60 Å². The van der Waals surface area contributed by atoms with Gasteiger partial charge in [-0.2, -0.15) is 0 Å². The van der Waals surface area contributed by atoms with E-state index in [2.05, 4.69) is 17.4 Å². The Morgan fingerprint density at radius 3 is 2.45 bits per heavy atom. The van der Waals surface area contributed by atoms with Gasteiger partial charge in [0.25, 0.3) is 0 Å². The van der Waals surface area contributed by atoms with E-state index in [4.69, 9.17) is 9.47 Å². The van der Waals surface area contributed by atoms with Crippen molar-refractivity contribution in [3.8, 4) is 0 Å². The third-order valence-corrected chi connectivity index (χ3v) is 2.95. The molecular weight excluding hydrogens is 280 g/mol. The van der Waals surface area contributed by atoms with Gasteiger partial charge < -0.3 is 19.7 Å². The predicted molar refractivity (Wildman–Crippen MR) is 87.8 cm³/mol. The van der Waals surface area contributed by atoms with E-state index in [9.17, 15) is 4.79 Å². The summed E-state index contributed by atoms with van der Waals surface area (Å²) in [5, 5.41) is 3.34. The number of benzene rings is 1. The molecule has 0 saturated carbocycles. The van der Waals surface area contributed by atoms with Crippen molar-refractivity contribution in [2.45, 2.75) is 32.9 Å². The minimum Gasteiger partial charge on any atom is -0.444 e. The zero-order valence-corrected chi connectivity index (χ0v) is 14.1. The molecule has 5 heteroatoms. The molecule has 0 bridgehead atoms. The van der Waals surface area contributed by atoms with Crippen LogP contribution in [0.2, 0.25) is 0 Å². The van der Waals surface area contributed by atoms with Gasteiger partial charge in [-0.1, -0.05) is 30.3 Å². The number of nitrogens with zero attached hydrogens (tertiary/aromatic N) is 1. The van der Waals surface area contributed by atoms with Gasteiger partial charge in [0.05, 0.1) is 6.61 Å². The van der Waals surface area contributed by atoms with Gasteiger partial charge in [-0.25, -0.2) is 4.79 Å². The topological polar surface area (TPSA) is 50.8 Å². The van der Waals surface area contributed by atoms with Gasteiger partial charge in [0.1, 0.15) is 5.60 Å². The van der Waals surface area contributed by atoms with Crippen LogP contribution in [0.1, 0.15) is 26.3 Å². The standard InChI is InChI=1S/C17H28N2O3/c1-17(2,3)22-16(20)19(12-13-21-4)11-10-18-14-15-8-6-5-7-9-15/h5-9,18H,10-14H2,1-4H3. The molecule has 0 unspecified atom stereocenters. The Labute approximate surface area is 133 Å². The van der Waals surface area contributed by atoms with Gasteiger partial charge >= 0.3 is 6.09 Å². The number of carbonyl (C=O) groups excluding carboxylic acids is 1. The molecule has 0 fully saturated rings. The number of amides is 1. The van der Waals surface area contributed by atoms with Crippen molar-refractivity contribution in [2.75, 3.05) is 33.4 Å². The van der Waals surface area contributed by atoms with Gasteiger partial charge in [0.15, 0.2) is 0 Å². The predicted octanol–water partition coefficient (Wildman–Crippen LogP) is 2.66. The largest absolute Gasteiger partial charge is 0.444 e. The lowest BCUT2D eigenvalue weighted by Gasteiger charge is -2.27. The second-order valence-electron chi connectivity index (χ2n) is 6.12. The van der Waals surface area contributed by atoms with E-state index >= 15 is 0 Å². The molecule has 124 valence electrons. The lowest BCUT2D eigenvalue weighted by atomic mass is 10.2. The van der Waals surface area contributed by atoms with Crippen LogP contribution in [-0.4, -0.2) is 49.9 Å². The van der Waals surface area contributed by atoms with Crippen LogP contribution in [0, 0.1) is 0 Å². The van der Waals surface area contributed by atoms with Crippen LogP contribution in [0.25, 0.3) is 0 Å². The van der Waals surface area contributed by atoms with Gasteiger partial charge in [-0.3, -0.25) is 0 Å². The maximum absolute atomic E-state index is 12.1. The Morgan fingerprint density at radius 2 is 1.86 bits per heavy atom. The fourth-order valence-corrected chi connectivity index (χ4v) is 1.86. The fourth-order valence-electron chi connectivity index (χ4n) is 1.86. The summed E-state index contributed by atoms with van der Waals surface area (Å²) in [6.07, 6.45) is -0.300. The molecule has 0 spiro atoms. The molecule has 0 aliphatic carbocycles. The number of hydrogen-bond acceptors (Lipinski definition) is 4. The van der Waals surface area contributed by atoms with Gasteiger partial charge in [0.2, 0.25) is 0 Å². The minimum atomic E-state index is -0.486. The van der Waals surface area contributed by atoms with Crippen LogP contribution in [0.15, 0.2) is 30.3 Å². The fraction of sp³-hybridized carbons (Fsp3) is 0.588. The molecular formula is C17H28N2O3. The highest BCUT2D eigenvalue weighted by atomic mass is 16.6. The Morgan fingerprint density at radius 1 is 1.18 bits per heavy atom. The van der Waals surface area contributed by atoms with Crippen molar-refractivity contribution < 1.29 is 14.3 Å². The van der Waals surface area contributed by atoms with Crippen LogP contribution >= 0.6 is 0 Å². The molecule has 1 rings (SSSR count). The molecule has 22 heavy (non-hydrogen) atoms. The highest BCUT2D eigenvalue weighted by Crippen LogP contribution is 2.09. The summed E-state index contributed by atoms with van der Waals surface area (Å²) < 4.78 is 10.5. The van der Waals surface area contributed by atoms with E-state index in [1.54, 1.807) is 12.0 Å². The zero-order chi connectivity index (χ0) is 16.4. The van der Waals surface area contributed by atoms with E-state index in [0.29, 0.717) is 26.2 Å². The summed E-state index contributed by atoms with van der Waals surface area (Å²) in [5.74, 6) is 0. The second kappa shape index (κ2) is 9.43. The molecule has 0 heterocycles. The summed E-state index contributed by atoms with van der Waals surface area (Å²) in [5.41, 5.74) is 0.739. The maximum atomic E-state index is 12.1. The highest BCUT2D eigenvalue weighted by molar-refractivity contribution is 5.68. The molecule has 0 saturated heterocycles. The molecule has 5 nitrogen and oxygen atoms in total. The first-order valence-corrected chi connectivity index (χ1v) is 7.64. The summed E-state index contributed by atoms with van der Waals surface area (Å²) in [7, 11) is 1.63. The Hall–Kier alpha value is -1.59. The van der Waals surface area contributed by atoms with Crippen molar-refractivity contribution in [3.63, 3.8) is 0 Å². The van der Waals surface area contributed by atoms with Crippen LogP contribution in [-0.2, 0) is 16.0 Å². The van der Waals surface area contributed by atoms with E-state index in [-0.39, 0.29) is 6.09 Å². The van der Waals surface area contributed by atoms with Crippen molar-refractivity contribution >= 4 is 6.09 Å². The third-order valence-electron chi connectivity index (χ3n) is 2.95. The quantitative estimate of drug-likeness (QED) is 0.750. The molecule has 1 aromatic rings. The molecule has 0 radical (unpaired) electrons. The number of methoxy groups -OCH3 is 1. The SMILES string of the molecule is COCCN(CCNCc1ccccc1)C(=O)OC(C)(C)C. The van der Waals surface area contributed by atoms with Crippen molar-refractivity contribution in [2.24, 2.45) is 0 Å². The number of rotatable bonds is 8. The van der Waals surface area contributed by atoms with Crippen LogP contribution in [0.4, 0.5) is 4.79 Å². The average molecular weight is 308 g/mol. The first kappa shape index (κ1) is 18.5.